The molecule has 6 heteroatoms. The summed E-state index contributed by atoms with van der Waals surface area (Å²) >= 11 is 0. The third kappa shape index (κ3) is 2.47. The van der Waals surface area contributed by atoms with Crippen LogP contribution < -0.4 is 5.73 Å². The smallest absolute Gasteiger partial charge is 0.227 e. The molecule has 1 unspecified atom stereocenters. The van der Waals surface area contributed by atoms with Gasteiger partial charge in [-0.1, -0.05) is 5.16 Å². The topological polar surface area (TPSA) is 98.3 Å². The van der Waals surface area contributed by atoms with Gasteiger partial charge in [-0.05, 0) is 12.1 Å². The summed E-state index contributed by atoms with van der Waals surface area (Å²) in [6.45, 7) is -0.197. The molecule has 0 aliphatic rings. The van der Waals surface area contributed by atoms with Gasteiger partial charge >= 0.3 is 0 Å². The van der Waals surface area contributed by atoms with Crippen molar-refractivity contribution in [2.24, 2.45) is 5.73 Å². The normalized spacial score (nSPS) is 12.9. The van der Waals surface area contributed by atoms with Crippen LogP contribution in [0.5, 0.6) is 0 Å². The minimum Gasteiger partial charge on any atom is -0.469 e. The maximum atomic E-state index is 8.82. The fourth-order valence-corrected chi connectivity index (χ4v) is 1.29. The van der Waals surface area contributed by atoms with Gasteiger partial charge < -0.3 is 19.8 Å². The summed E-state index contributed by atoms with van der Waals surface area (Å²) in [5.74, 6) is 1.69. The Labute approximate surface area is 92.1 Å². The standard InChI is InChI=1S/C10H13N3O3/c11-8(6-14)10-12-9(16-13-10)4-3-7-2-1-5-15-7/h1-2,5,8,14H,3-4,6,11H2. The van der Waals surface area contributed by atoms with Gasteiger partial charge in [0.05, 0.1) is 18.9 Å². The molecule has 2 heterocycles. The molecule has 0 saturated carbocycles. The molecular formula is C10H13N3O3. The molecule has 1 atom stereocenters. The molecule has 0 aliphatic carbocycles. The largest absolute Gasteiger partial charge is 0.469 e. The van der Waals surface area contributed by atoms with Crippen molar-refractivity contribution in [3.63, 3.8) is 0 Å². The number of aromatic nitrogens is 2. The Morgan fingerprint density at radius 3 is 3.00 bits per heavy atom. The van der Waals surface area contributed by atoms with Gasteiger partial charge in [0, 0.05) is 12.8 Å². The lowest BCUT2D eigenvalue weighted by Crippen LogP contribution is -2.16. The van der Waals surface area contributed by atoms with Crippen LogP contribution in [0.25, 0.3) is 0 Å². The van der Waals surface area contributed by atoms with Crippen LogP contribution in [0.4, 0.5) is 0 Å². The quantitative estimate of drug-likeness (QED) is 0.763. The lowest BCUT2D eigenvalue weighted by Gasteiger charge is -1.98. The summed E-state index contributed by atoms with van der Waals surface area (Å²) in [6.07, 6.45) is 2.91. The van der Waals surface area contributed by atoms with Gasteiger partial charge in [0.1, 0.15) is 5.76 Å². The lowest BCUT2D eigenvalue weighted by molar-refractivity contribution is 0.259. The van der Waals surface area contributed by atoms with E-state index < -0.39 is 6.04 Å². The van der Waals surface area contributed by atoms with E-state index in [9.17, 15) is 0 Å². The highest BCUT2D eigenvalue weighted by Crippen LogP contribution is 2.09. The number of nitrogens with zero attached hydrogens (tertiary/aromatic N) is 2. The van der Waals surface area contributed by atoms with E-state index >= 15 is 0 Å². The summed E-state index contributed by atoms with van der Waals surface area (Å²) < 4.78 is 10.2. The van der Waals surface area contributed by atoms with Gasteiger partial charge in [-0.25, -0.2) is 0 Å². The molecular weight excluding hydrogens is 210 g/mol. The van der Waals surface area contributed by atoms with Crippen LogP contribution in [0.2, 0.25) is 0 Å². The molecule has 3 N–H and O–H groups in total. The van der Waals surface area contributed by atoms with Gasteiger partial charge in [0.15, 0.2) is 5.82 Å². The summed E-state index contributed by atoms with van der Waals surface area (Å²) in [6, 6.07) is 3.13. The van der Waals surface area contributed by atoms with Crippen molar-refractivity contribution in [1.82, 2.24) is 10.1 Å². The third-order valence-electron chi connectivity index (χ3n) is 2.18. The first-order chi connectivity index (χ1) is 7.79. The fourth-order valence-electron chi connectivity index (χ4n) is 1.29. The van der Waals surface area contributed by atoms with E-state index in [2.05, 4.69) is 10.1 Å². The molecule has 86 valence electrons. The molecule has 0 saturated heterocycles. The van der Waals surface area contributed by atoms with Crippen LogP contribution in [0.3, 0.4) is 0 Å². The van der Waals surface area contributed by atoms with Crippen LogP contribution in [0.1, 0.15) is 23.5 Å². The van der Waals surface area contributed by atoms with Crippen LogP contribution in [0, 0.1) is 0 Å². The molecule has 0 aromatic carbocycles. The molecule has 0 bridgehead atoms. The van der Waals surface area contributed by atoms with Gasteiger partial charge in [0.25, 0.3) is 0 Å². The van der Waals surface area contributed by atoms with E-state index in [-0.39, 0.29) is 6.61 Å². The molecule has 2 aromatic heterocycles. The molecule has 16 heavy (non-hydrogen) atoms. The van der Waals surface area contributed by atoms with Gasteiger partial charge in [-0.15, -0.1) is 0 Å². The van der Waals surface area contributed by atoms with Crippen molar-refractivity contribution < 1.29 is 14.0 Å². The summed E-state index contributed by atoms with van der Waals surface area (Å²) in [5.41, 5.74) is 5.54. The Morgan fingerprint density at radius 2 is 2.31 bits per heavy atom. The Kier molecular flexibility index (Phi) is 3.33. The van der Waals surface area contributed by atoms with Crippen molar-refractivity contribution in [3.05, 3.63) is 35.9 Å². The van der Waals surface area contributed by atoms with E-state index in [1.54, 1.807) is 6.26 Å². The molecule has 2 aromatic rings. The average molecular weight is 223 g/mol. The van der Waals surface area contributed by atoms with Crippen molar-refractivity contribution in [2.75, 3.05) is 6.61 Å². The molecule has 0 radical (unpaired) electrons. The second kappa shape index (κ2) is 4.91. The maximum Gasteiger partial charge on any atom is 0.227 e. The first kappa shape index (κ1) is 10.8. The van der Waals surface area contributed by atoms with Crippen molar-refractivity contribution >= 4 is 0 Å². The van der Waals surface area contributed by atoms with E-state index in [0.29, 0.717) is 24.6 Å². The lowest BCUT2D eigenvalue weighted by atomic mass is 10.2. The first-order valence-corrected chi connectivity index (χ1v) is 5.01. The molecule has 0 spiro atoms. The number of aliphatic hydroxyl groups excluding tert-OH is 1. The molecule has 6 nitrogen and oxygen atoms in total. The predicted octanol–water partition coefficient (Wildman–Crippen LogP) is 0.440. The van der Waals surface area contributed by atoms with Gasteiger partial charge in [-0.2, -0.15) is 4.98 Å². The second-order valence-corrected chi connectivity index (χ2v) is 3.41. The monoisotopic (exact) mass is 223 g/mol. The van der Waals surface area contributed by atoms with Crippen molar-refractivity contribution in [2.45, 2.75) is 18.9 Å². The SMILES string of the molecule is NC(CO)c1noc(CCc2ccco2)n1. The third-order valence-corrected chi connectivity index (χ3v) is 2.18. The van der Waals surface area contributed by atoms with Gasteiger partial charge in [0.2, 0.25) is 5.89 Å². The highest BCUT2D eigenvalue weighted by atomic mass is 16.5. The highest BCUT2D eigenvalue weighted by Gasteiger charge is 2.13. The highest BCUT2D eigenvalue weighted by molar-refractivity contribution is 5.00. The van der Waals surface area contributed by atoms with Crippen molar-refractivity contribution in [3.8, 4) is 0 Å². The first-order valence-electron chi connectivity index (χ1n) is 5.01. The Hall–Kier alpha value is -1.66. The minimum atomic E-state index is -0.582. The minimum absolute atomic E-state index is 0.197. The Balaban J connectivity index is 1.93. The second-order valence-electron chi connectivity index (χ2n) is 3.41. The van der Waals surface area contributed by atoms with E-state index in [1.807, 2.05) is 12.1 Å². The number of hydrogen-bond acceptors (Lipinski definition) is 6. The van der Waals surface area contributed by atoms with E-state index in [0.717, 1.165) is 5.76 Å². The predicted molar refractivity (Wildman–Crippen MR) is 54.4 cm³/mol. The zero-order valence-corrected chi connectivity index (χ0v) is 8.67. The molecule has 0 aliphatic heterocycles. The number of nitrogens with two attached hydrogens (primary N) is 1. The summed E-state index contributed by atoms with van der Waals surface area (Å²) in [4.78, 5) is 4.08. The Bertz CT molecular complexity index is 424. The van der Waals surface area contributed by atoms with Gasteiger partial charge in [-0.3, -0.25) is 0 Å². The van der Waals surface area contributed by atoms with E-state index in [1.165, 1.54) is 0 Å². The molecule has 0 fully saturated rings. The Morgan fingerprint density at radius 1 is 1.44 bits per heavy atom. The maximum absolute atomic E-state index is 8.82. The number of aliphatic hydroxyl groups is 1. The number of rotatable bonds is 5. The van der Waals surface area contributed by atoms with Crippen LogP contribution in [-0.4, -0.2) is 21.9 Å². The number of aryl methyl sites for hydroxylation is 2. The summed E-state index contributed by atoms with van der Waals surface area (Å²) in [5, 5.41) is 12.5. The molecule has 2 rings (SSSR count). The number of hydrogen-bond donors (Lipinski definition) is 2. The van der Waals surface area contributed by atoms with Crippen LogP contribution in [0.15, 0.2) is 27.3 Å². The zero-order chi connectivity index (χ0) is 11.4. The zero-order valence-electron chi connectivity index (χ0n) is 8.67. The van der Waals surface area contributed by atoms with Crippen molar-refractivity contribution in [1.29, 1.82) is 0 Å². The fraction of sp³-hybridized carbons (Fsp3) is 0.400. The summed E-state index contributed by atoms with van der Waals surface area (Å²) in [7, 11) is 0. The van der Waals surface area contributed by atoms with Crippen LogP contribution >= 0.6 is 0 Å². The molecule has 0 amide bonds. The van der Waals surface area contributed by atoms with E-state index in [4.69, 9.17) is 19.8 Å². The van der Waals surface area contributed by atoms with Crippen LogP contribution in [-0.2, 0) is 12.8 Å². The number of furan rings is 1. The average Bonchev–Trinajstić information content (AvgIpc) is 2.96.